The first-order chi connectivity index (χ1) is 7.83. The quantitative estimate of drug-likeness (QED) is 0.572. The monoisotopic (exact) mass is 219 g/mol. The van der Waals surface area contributed by atoms with E-state index in [2.05, 4.69) is 32.6 Å². The van der Waals surface area contributed by atoms with Crippen LogP contribution in [0.1, 0.15) is 13.3 Å². The standard InChI is InChI=1S/C9H13N7/c1-2-3-16-6-7(4-12-16)8-5-11-9(13-10)15-14-8/h4-6H,2-3,10H2,1H3,(H,11,13,15). The van der Waals surface area contributed by atoms with Crippen LogP contribution in [-0.4, -0.2) is 25.0 Å². The number of anilines is 1. The first kappa shape index (κ1) is 10.5. The van der Waals surface area contributed by atoms with Crippen molar-refractivity contribution < 1.29 is 0 Å². The van der Waals surface area contributed by atoms with E-state index in [1.165, 1.54) is 0 Å². The average molecular weight is 219 g/mol. The smallest absolute Gasteiger partial charge is 0.256 e. The Hall–Kier alpha value is -2.02. The Morgan fingerprint density at radius 2 is 2.25 bits per heavy atom. The summed E-state index contributed by atoms with van der Waals surface area (Å²) in [5.74, 6) is 5.45. The molecule has 2 rings (SSSR count). The van der Waals surface area contributed by atoms with Crippen molar-refractivity contribution in [1.29, 1.82) is 0 Å². The number of aryl methyl sites for hydroxylation is 1. The summed E-state index contributed by atoms with van der Waals surface area (Å²) >= 11 is 0. The van der Waals surface area contributed by atoms with Crippen molar-refractivity contribution in [2.45, 2.75) is 19.9 Å². The maximum atomic E-state index is 5.15. The zero-order chi connectivity index (χ0) is 11.4. The summed E-state index contributed by atoms with van der Waals surface area (Å²) in [4.78, 5) is 3.98. The zero-order valence-electron chi connectivity index (χ0n) is 8.96. The van der Waals surface area contributed by atoms with Gasteiger partial charge in [-0.1, -0.05) is 6.92 Å². The fourth-order valence-corrected chi connectivity index (χ4v) is 1.32. The van der Waals surface area contributed by atoms with E-state index in [-0.39, 0.29) is 0 Å². The van der Waals surface area contributed by atoms with Crippen molar-refractivity contribution in [3.63, 3.8) is 0 Å². The van der Waals surface area contributed by atoms with Gasteiger partial charge in [-0.15, -0.1) is 10.2 Å². The molecule has 0 fully saturated rings. The normalized spacial score (nSPS) is 10.4. The molecular formula is C9H13N7. The maximum Gasteiger partial charge on any atom is 0.256 e. The van der Waals surface area contributed by atoms with Crippen LogP contribution in [0.3, 0.4) is 0 Å². The molecule has 0 spiro atoms. The van der Waals surface area contributed by atoms with E-state index in [9.17, 15) is 0 Å². The SMILES string of the molecule is CCCn1cc(-c2cnc(NN)nn2)cn1. The number of nitrogens with two attached hydrogens (primary N) is 1. The Morgan fingerprint density at radius 1 is 1.38 bits per heavy atom. The zero-order valence-corrected chi connectivity index (χ0v) is 8.96. The first-order valence-electron chi connectivity index (χ1n) is 5.02. The second kappa shape index (κ2) is 4.67. The molecule has 16 heavy (non-hydrogen) atoms. The molecule has 84 valence electrons. The Labute approximate surface area is 92.7 Å². The van der Waals surface area contributed by atoms with Gasteiger partial charge in [0.05, 0.1) is 12.4 Å². The molecular weight excluding hydrogens is 206 g/mol. The summed E-state index contributed by atoms with van der Waals surface area (Å²) in [5, 5.41) is 12.0. The van der Waals surface area contributed by atoms with E-state index in [1.807, 2.05) is 10.9 Å². The van der Waals surface area contributed by atoms with E-state index < -0.39 is 0 Å². The number of hydrazine groups is 1. The summed E-state index contributed by atoms with van der Waals surface area (Å²) in [6.07, 6.45) is 6.32. The van der Waals surface area contributed by atoms with E-state index in [0.29, 0.717) is 11.6 Å². The van der Waals surface area contributed by atoms with Crippen molar-refractivity contribution in [2.75, 3.05) is 5.43 Å². The van der Waals surface area contributed by atoms with Crippen molar-refractivity contribution in [3.05, 3.63) is 18.6 Å². The minimum Gasteiger partial charge on any atom is -0.291 e. The Morgan fingerprint density at radius 3 is 2.88 bits per heavy atom. The fraction of sp³-hybridized carbons (Fsp3) is 0.333. The van der Waals surface area contributed by atoms with Crippen LogP contribution in [0.5, 0.6) is 0 Å². The summed E-state index contributed by atoms with van der Waals surface area (Å²) in [6, 6.07) is 0. The van der Waals surface area contributed by atoms with Gasteiger partial charge in [0.15, 0.2) is 0 Å². The van der Waals surface area contributed by atoms with Gasteiger partial charge in [0.2, 0.25) is 0 Å². The Kier molecular flexibility index (Phi) is 3.06. The van der Waals surface area contributed by atoms with Crippen molar-refractivity contribution in [2.24, 2.45) is 5.84 Å². The van der Waals surface area contributed by atoms with Gasteiger partial charge >= 0.3 is 0 Å². The van der Waals surface area contributed by atoms with Gasteiger partial charge in [-0.05, 0) is 6.42 Å². The third-order valence-electron chi connectivity index (χ3n) is 2.07. The molecule has 2 aromatic rings. The third-order valence-corrected chi connectivity index (χ3v) is 2.07. The van der Waals surface area contributed by atoms with Gasteiger partial charge in [-0.25, -0.2) is 10.8 Å². The molecule has 0 aliphatic carbocycles. The summed E-state index contributed by atoms with van der Waals surface area (Å²) in [5.41, 5.74) is 3.91. The average Bonchev–Trinajstić information content (AvgIpc) is 2.78. The van der Waals surface area contributed by atoms with Crippen LogP contribution in [0.2, 0.25) is 0 Å². The van der Waals surface area contributed by atoms with Crippen LogP contribution in [0, 0.1) is 0 Å². The molecule has 0 bridgehead atoms. The second-order valence-corrected chi connectivity index (χ2v) is 3.30. The molecule has 0 saturated carbocycles. The predicted octanol–water partition coefficient (Wildman–Crippen LogP) is 0.431. The Bertz CT molecular complexity index is 447. The molecule has 0 radical (unpaired) electrons. The molecule has 7 heteroatoms. The molecule has 2 aromatic heterocycles. The van der Waals surface area contributed by atoms with Gasteiger partial charge in [-0.2, -0.15) is 5.10 Å². The van der Waals surface area contributed by atoms with Crippen molar-refractivity contribution >= 4 is 5.95 Å². The lowest BCUT2D eigenvalue weighted by molar-refractivity contribution is 0.603. The maximum absolute atomic E-state index is 5.15. The largest absolute Gasteiger partial charge is 0.291 e. The van der Waals surface area contributed by atoms with E-state index in [1.54, 1.807) is 12.4 Å². The molecule has 0 atom stereocenters. The van der Waals surface area contributed by atoms with Gasteiger partial charge in [0.1, 0.15) is 5.69 Å². The Balaban J connectivity index is 2.21. The number of nitrogen functional groups attached to an aromatic ring is 1. The second-order valence-electron chi connectivity index (χ2n) is 3.30. The summed E-state index contributed by atoms with van der Waals surface area (Å²) in [7, 11) is 0. The molecule has 0 saturated heterocycles. The molecule has 0 unspecified atom stereocenters. The minimum atomic E-state index is 0.296. The highest BCUT2D eigenvalue weighted by Gasteiger charge is 2.04. The number of hydrogen-bond donors (Lipinski definition) is 2. The predicted molar refractivity (Wildman–Crippen MR) is 59.1 cm³/mol. The molecule has 0 aliphatic rings. The van der Waals surface area contributed by atoms with Crippen LogP contribution in [0.25, 0.3) is 11.3 Å². The molecule has 3 N–H and O–H groups in total. The number of hydrogen-bond acceptors (Lipinski definition) is 6. The van der Waals surface area contributed by atoms with Crippen LogP contribution in [-0.2, 0) is 6.54 Å². The number of aromatic nitrogens is 5. The lowest BCUT2D eigenvalue weighted by Crippen LogP contribution is -2.11. The first-order valence-corrected chi connectivity index (χ1v) is 5.02. The van der Waals surface area contributed by atoms with Gasteiger partial charge in [0.25, 0.3) is 5.95 Å². The number of nitrogens with one attached hydrogen (secondary N) is 1. The molecule has 0 aliphatic heterocycles. The topological polar surface area (TPSA) is 94.5 Å². The van der Waals surface area contributed by atoms with Crippen LogP contribution >= 0.6 is 0 Å². The minimum absolute atomic E-state index is 0.296. The lowest BCUT2D eigenvalue weighted by atomic mass is 10.3. The molecule has 0 amide bonds. The third kappa shape index (κ3) is 2.14. The van der Waals surface area contributed by atoms with Crippen LogP contribution in [0.4, 0.5) is 5.95 Å². The van der Waals surface area contributed by atoms with Crippen LogP contribution < -0.4 is 11.3 Å². The molecule has 7 nitrogen and oxygen atoms in total. The van der Waals surface area contributed by atoms with E-state index >= 15 is 0 Å². The van der Waals surface area contributed by atoms with Gasteiger partial charge in [0, 0.05) is 18.3 Å². The van der Waals surface area contributed by atoms with Crippen molar-refractivity contribution in [3.8, 4) is 11.3 Å². The van der Waals surface area contributed by atoms with Gasteiger partial charge < -0.3 is 0 Å². The number of rotatable bonds is 4. The van der Waals surface area contributed by atoms with E-state index in [0.717, 1.165) is 18.5 Å². The van der Waals surface area contributed by atoms with Gasteiger partial charge in [-0.3, -0.25) is 10.1 Å². The molecule has 2 heterocycles. The highest BCUT2D eigenvalue weighted by Crippen LogP contribution is 2.14. The highest BCUT2D eigenvalue weighted by atomic mass is 15.3. The summed E-state index contributed by atoms with van der Waals surface area (Å²) in [6.45, 7) is 2.99. The lowest BCUT2D eigenvalue weighted by Gasteiger charge is -1.97. The molecule has 0 aromatic carbocycles. The fourth-order valence-electron chi connectivity index (χ4n) is 1.32. The van der Waals surface area contributed by atoms with Crippen molar-refractivity contribution in [1.82, 2.24) is 25.0 Å². The summed E-state index contributed by atoms with van der Waals surface area (Å²) < 4.78 is 1.87. The van der Waals surface area contributed by atoms with E-state index in [4.69, 9.17) is 5.84 Å². The highest BCUT2D eigenvalue weighted by molar-refractivity contribution is 5.55. The van der Waals surface area contributed by atoms with Crippen LogP contribution in [0.15, 0.2) is 18.6 Å². The number of nitrogens with zero attached hydrogens (tertiary/aromatic N) is 5.